The first kappa shape index (κ1) is 24.8. The van der Waals surface area contributed by atoms with E-state index in [0.717, 1.165) is 50.6 Å². The first-order chi connectivity index (χ1) is 21.8. The van der Waals surface area contributed by atoms with Gasteiger partial charge < -0.3 is 4.74 Å². The van der Waals surface area contributed by atoms with Gasteiger partial charge in [-0.1, -0.05) is 140 Å². The molecule has 1 spiro atoms. The fourth-order valence-electron chi connectivity index (χ4n) is 7.26. The number of rotatable bonds is 3. The Hall–Kier alpha value is -5.80. The minimum absolute atomic E-state index is 0.583. The minimum Gasteiger partial charge on any atom is -0.457 e. The predicted octanol–water partition coefficient (Wildman–Crippen LogP) is 9.95. The van der Waals surface area contributed by atoms with Gasteiger partial charge in [0.2, 0.25) is 0 Å². The summed E-state index contributed by atoms with van der Waals surface area (Å²) < 4.78 is 6.75. The molecule has 0 radical (unpaired) electrons. The quantitative estimate of drug-likeness (QED) is 0.215. The van der Waals surface area contributed by atoms with E-state index in [-0.39, 0.29) is 0 Å². The Morgan fingerprint density at radius 3 is 1.68 bits per heavy atom. The first-order valence-electron chi connectivity index (χ1n) is 14.9. The Kier molecular flexibility index (Phi) is 5.41. The van der Waals surface area contributed by atoms with E-state index in [9.17, 15) is 0 Å². The topological polar surface area (TPSA) is 35.0 Å². The zero-order chi connectivity index (χ0) is 29.1. The van der Waals surface area contributed by atoms with Gasteiger partial charge >= 0.3 is 0 Å². The van der Waals surface area contributed by atoms with Gasteiger partial charge in [0, 0.05) is 34.0 Å². The molecule has 0 unspecified atom stereocenters. The van der Waals surface area contributed by atoms with Crippen LogP contribution in [-0.2, 0) is 5.41 Å². The predicted molar refractivity (Wildman–Crippen MR) is 176 cm³/mol. The fraction of sp³-hybridized carbons (Fsp3) is 0.0244. The molecule has 0 atom stereocenters. The SMILES string of the molecule is c1ccc(-c2ncc(-c3cccc4c3C3(c5ccccc5O4)c4ccccc4-c4ccccc43)c(-c3ccccc3)n2)cc1. The van der Waals surface area contributed by atoms with Crippen LogP contribution in [0.15, 0.2) is 158 Å². The van der Waals surface area contributed by atoms with Crippen molar-refractivity contribution in [3.05, 3.63) is 180 Å². The highest BCUT2D eigenvalue weighted by molar-refractivity contribution is 5.93. The third-order valence-electron chi connectivity index (χ3n) is 9.02. The van der Waals surface area contributed by atoms with Gasteiger partial charge in [-0.3, -0.25) is 0 Å². The van der Waals surface area contributed by atoms with Crippen molar-refractivity contribution in [2.24, 2.45) is 0 Å². The second-order valence-electron chi connectivity index (χ2n) is 11.3. The van der Waals surface area contributed by atoms with Crippen LogP contribution in [0.4, 0.5) is 0 Å². The maximum absolute atomic E-state index is 6.75. The van der Waals surface area contributed by atoms with Gasteiger partial charge in [-0.15, -0.1) is 0 Å². The number of aromatic nitrogens is 2. The van der Waals surface area contributed by atoms with Crippen molar-refractivity contribution in [2.45, 2.75) is 5.41 Å². The van der Waals surface area contributed by atoms with Crippen molar-refractivity contribution >= 4 is 0 Å². The Balaban J connectivity index is 1.40. The molecule has 0 amide bonds. The Bertz CT molecular complexity index is 2160. The van der Waals surface area contributed by atoms with E-state index in [0.29, 0.717) is 5.82 Å². The zero-order valence-electron chi connectivity index (χ0n) is 23.8. The summed E-state index contributed by atoms with van der Waals surface area (Å²) in [5, 5.41) is 0. The molecule has 2 heterocycles. The molecule has 0 fully saturated rings. The number of hydrogen-bond acceptors (Lipinski definition) is 3. The number of ether oxygens (including phenoxy) is 1. The Labute approximate surface area is 256 Å². The van der Waals surface area contributed by atoms with Crippen LogP contribution in [0.2, 0.25) is 0 Å². The van der Waals surface area contributed by atoms with Crippen LogP contribution in [0.5, 0.6) is 11.5 Å². The van der Waals surface area contributed by atoms with Crippen molar-refractivity contribution in [1.82, 2.24) is 9.97 Å². The zero-order valence-corrected chi connectivity index (χ0v) is 23.8. The van der Waals surface area contributed by atoms with E-state index in [1.165, 1.54) is 22.3 Å². The second-order valence-corrected chi connectivity index (χ2v) is 11.3. The molecule has 206 valence electrons. The molecule has 1 aliphatic carbocycles. The number of fused-ring (bicyclic) bond motifs is 9. The highest BCUT2D eigenvalue weighted by Gasteiger charge is 2.52. The maximum Gasteiger partial charge on any atom is 0.159 e. The average Bonchev–Trinajstić information content (AvgIpc) is 3.39. The third-order valence-corrected chi connectivity index (χ3v) is 9.02. The first-order valence-corrected chi connectivity index (χ1v) is 14.9. The number of benzene rings is 6. The van der Waals surface area contributed by atoms with Gasteiger partial charge in [-0.05, 0) is 39.9 Å². The number of nitrogens with zero attached hydrogens (tertiary/aromatic N) is 2. The molecule has 44 heavy (non-hydrogen) atoms. The summed E-state index contributed by atoms with van der Waals surface area (Å²) in [4.78, 5) is 10.2. The lowest BCUT2D eigenvalue weighted by molar-refractivity contribution is 0.437. The Morgan fingerprint density at radius 2 is 0.977 bits per heavy atom. The van der Waals surface area contributed by atoms with E-state index >= 15 is 0 Å². The van der Waals surface area contributed by atoms with Crippen molar-refractivity contribution in [1.29, 1.82) is 0 Å². The molecule has 6 aromatic carbocycles. The average molecular weight is 563 g/mol. The summed E-state index contributed by atoms with van der Waals surface area (Å²) in [5.41, 5.74) is 11.6. The van der Waals surface area contributed by atoms with Crippen molar-refractivity contribution in [3.63, 3.8) is 0 Å². The fourth-order valence-corrected chi connectivity index (χ4v) is 7.26. The second kappa shape index (κ2) is 9.62. The van der Waals surface area contributed by atoms with Crippen LogP contribution in [-0.4, -0.2) is 9.97 Å². The van der Waals surface area contributed by atoms with E-state index in [1.807, 2.05) is 30.5 Å². The van der Waals surface area contributed by atoms with Gasteiger partial charge in [-0.25, -0.2) is 9.97 Å². The van der Waals surface area contributed by atoms with E-state index in [1.54, 1.807) is 0 Å². The molecule has 0 saturated carbocycles. The standard InChI is InChI=1S/C41H26N2O/c1-3-14-27(15-4-1)39-32(26-42-40(43-39)28-16-5-2-6-17-28)31-20-13-25-37-38(31)41(35-23-11-12-24-36(35)44-37)33-21-9-7-18-29(33)30-19-8-10-22-34(30)41/h1-26H. The minimum atomic E-state index is -0.583. The van der Waals surface area contributed by atoms with Crippen LogP contribution >= 0.6 is 0 Å². The molecule has 0 N–H and O–H groups in total. The molecule has 3 heteroatoms. The Morgan fingerprint density at radius 1 is 0.432 bits per heavy atom. The van der Waals surface area contributed by atoms with Crippen molar-refractivity contribution < 1.29 is 4.74 Å². The molecule has 0 bridgehead atoms. The van der Waals surface area contributed by atoms with E-state index in [2.05, 4.69) is 127 Å². The van der Waals surface area contributed by atoms with Crippen LogP contribution in [0.3, 0.4) is 0 Å². The van der Waals surface area contributed by atoms with E-state index < -0.39 is 5.41 Å². The lowest BCUT2D eigenvalue weighted by Gasteiger charge is -2.40. The molecule has 9 rings (SSSR count). The molecule has 2 aliphatic rings. The lowest BCUT2D eigenvalue weighted by atomic mass is 9.64. The monoisotopic (exact) mass is 562 g/mol. The molecule has 0 saturated heterocycles. The smallest absolute Gasteiger partial charge is 0.159 e. The molecule has 1 aromatic heterocycles. The molecule has 1 aliphatic heterocycles. The van der Waals surface area contributed by atoms with Gasteiger partial charge in [0.25, 0.3) is 0 Å². The van der Waals surface area contributed by atoms with Gasteiger partial charge in [0.05, 0.1) is 11.1 Å². The molecule has 3 nitrogen and oxygen atoms in total. The van der Waals surface area contributed by atoms with E-state index in [4.69, 9.17) is 14.7 Å². The highest BCUT2D eigenvalue weighted by atomic mass is 16.5. The molecular formula is C41H26N2O. The summed E-state index contributed by atoms with van der Waals surface area (Å²) in [6.45, 7) is 0. The summed E-state index contributed by atoms with van der Waals surface area (Å²) in [6, 6.07) is 53.1. The summed E-state index contributed by atoms with van der Waals surface area (Å²) in [7, 11) is 0. The number of hydrogen-bond donors (Lipinski definition) is 0. The van der Waals surface area contributed by atoms with Crippen LogP contribution in [0.1, 0.15) is 22.3 Å². The number of para-hydroxylation sites is 1. The van der Waals surface area contributed by atoms with Crippen LogP contribution < -0.4 is 4.74 Å². The highest BCUT2D eigenvalue weighted by Crippen LogP contribution is 2.63. The lowest BCUT2D eigenvalue weighted by Crippen LogP contribution is -2.33. The molecule has 7 aromatic rings. The van der Waals surface area contributed by atoms with Gasteiger partial charge in [-0.2, -0.15) is 0 Å². The largest absolute Gasteiger partial charge is 0.457 e. The van der Waals surface area contributed by atoms with Crippen molar-refractivity contribution in [2.75, 3.05) is 0 Å². The maximum atomic E-state index is 6.75. The van der Waals surface area contributed by atoms with Crippen LogP contribution in [0, 0.1) is 0 Å². The van der Waals surface area contributed by atoms with Crippen LogP contribution in [0.25, 0.3) is 44.9 Å². The van der Waals surface area contributed by atoms with Crippen molar-refractivity contribution in [3.8, 4) is 56.4 Å². The normalized spacial score (nSPS) is 13.4. The van der Waals surface area contributed by atoms with Gasteiger partial charge in [0.15, 0.2) is 5.82 Å². The summed E-state index contributed by atoms with van der Waals surface area (Å²) >= 11 is 0. The molecular weight excluding hydrogens is 536 g/mol. The summed E-state index contributed by atoms with van der Waals surface area (Å²) in [6.07, 6.45) is 1.99. The third kappa shape index (κ3) is 3.44. The summed E-state index contributed by atoms with van der Waals surface area (Å²) in [5.74, 6) is 2.42. The van der Waals surface area contributed by atoms with Gasteiger partial charge in [0.1, 0.15) is 11.5 Å².